The van der Waals surface area contributed by atoms with Crippen molar-refractivity contribution < 1.29 is 14.7 Å². The zero-order chi connectivity index (χ0) is 9.14. The Morgan fingerprint density at radius 1 is 1.83 bits per heavy atom. The lowest BCUT2D eigenvalue weighted by molar-refractivity contribution is -0.140. The number of carboxylic acids is 1. The van der Waals surface area contributed by atoms with Crippen LogP contribution in [-0.4, -0.2) is 23.0 Å². The van der Waals surface area contributed by atoms with Gasteiger partial charge in [0.05, 0.1) is 0 Å². The third kappa shape index (κ3) is 1.64. The van der Waals surface area contributed by atoms with Gasteiger partial charge in [-0.2, -0.15) is 0 Å². The van der Waals surface area contributed by atoms with E-state index in [1.54, 1.807) is 6.08 Å². The number of hydrogen-bond donors (Lipinski definition) is 2. The van der Waals surface area contributed by atoms with Crippen LogP contribution in [0.2, 0.25) is 0 Å². The van der Waals surface area contributed by atoms with Gasteiger partial charge in [-0.3, -0.25) is 4.79 Å². The number of carbonyl (C=O) groups is 2. The summed E-state index contributed by atoms with van der Waals surface area (Å²) in [4.78, 5) is 21.5. The number of carbonyl (C=O) groups excluding carboxylic acids is 1. The third-order valence-corrected chi connectivity index (χ3v) is 1.96. The summed E-state index contributed by atoms with van der Waals surface area (Å²) >= 11 is 0. The van der Waals surface area contributed by atoms with Gasteiger partial charge in [-0.15, -0.1) is 6.58 Å². The number of nitrogens with one attached hydrogen (secondary N) is 1. The van der Waals surface area contributed by atoms with Gasteiger partial charge in [-0.1, -0.05) is 6.08 Å². The Morgan fingerprint density at radius 3 is 2.92 bits per heavy atom. The summed E-state index contributed by atoms with van der Waals surface area (Å²) < 4.78 is 0. The fourth-order valence-corrected chi connectivity index (χ4v) is 1.31. The lowest BCUT2D eigenvalue weighted by atomic mass is 10.0. The van der Waals surface area contributed by atoms with Crippen molar-refractivity contribution in [2.24, 2.45) is 5.92 Å². The highest BCUT2D eigenvalue weighted by molar-refractivity contribution is 5.88. The van der Waals surface area contributed by atoms with E-state index in [0.29, 0.717) is 12.8 Å². The zero-order valence-electron chi connectivity index (χ0n) is 6.62. The second kappa shape index (κ2) is 3.38. The van der Waals surface area contributed by atoms with Crippen molar-refractivity contribution in [3.63, 3.8) is 0 Å². The quantitative estimate of drug-likeness (QED) is 0.591. The monoisotopic (exact) mass is 169 g/mol. The van der Waals surface area contributed by atoms with Crippen molar-refractivity contribution in [2.75, 3.05) is 0 Å². The summed E-state index contributed by atoms with van der Waals surface area (Å²) in [6.07, 6.45) is 2.56. The predicted molar refractivity (Wildman–Crippen MR) is 42.5 cm³/mol. The molecule has 1 saturated heterocycles. The molecule has 1 rings (SSSR count). The van der Waals surface area contributed by atoms with Crippen molar-refractivity contribution >= 4 is 11.9 Å². The van der Waals surface area contributed by atoms with Crippen molar-refractivity contribution in [3.05, 3.63) is 12.7 Å². The Morgan fingerprint density at radius 2 is 2.50 bits per heavy atom. The van der Waals surface area contributed by atoms with Gasteiger partial charge in [0.25, 0.3) is 0 Å². The molecule has 4 nitrogen and oxygen atoms in total. The second-order valence-corrected chi connectivity index (χ2v) is 2.86. The van der Waals surface area contributed by atoms with Crippen LogP contribution in [0, 0.1) is 5.92 Å². The van der Waals surface area contributed by atoms with E-state index in [-0.39, 0.29) is 11.8 Å². The first kappa shape index (κ1) is 8.77. The smallest absolute Gasteiger partial charge is 0.326 e. The Balaban J connectivity index is 2.55. The minimum absolute atomic E-state index is 0.178. The normalized spacial score (nSPS) is 28.2. The van der Waals surface area contributed by atoms with Crippen LogP contribution in [-0.2, 0) is 9.59 Å². The molecule has 12 heavy (non-hydrogen) atoms. The predicted octanol–water partition coefficient (Wildman–Crippen LogP) is 0.152. The molecule has 1 amide bonds. The lowest BCUT2D eigenvalue weighted by Crippen LogP contribution is -2.32. The van der Waals surface area contributed by atoms with Gasteiger partial charge in [0.2, 0.25) is 5.91 Å². The topological polar surface area (TPSA) is 66.4 Å². The molecule has 1 fully saturated rings. The summed E-state index contributed by atoms with van der Waals surface area (Å²) in [5, 5.41) is 11.0. The van der Waals surface area contributed by atoms with Crippen LogP contribution in [0.1, 0.15) is 12.8 Å². The van der Waals surface area contributed by atoms with Crippen molar-refractivity contribution in [3.8, 4) is 0 Å². The van der Waals surface area contributed by atoms with Gasteiger partial charge in [0, 0.05) is 5.92 Å². The highest BCUT2D eigenvalue weighted by Gasteiger charge is 2.34. The van der Waals surface area contributed by atoms with E-state index in [4.69, 9.17) is 5.11 Å². The van der Waals surface area contributed by atoms with Gasteiger partial charge in [-0.25, -0.2) is 4.79 Å². The fraction of sp³-hybridized carbons (Fsp3) is 0.500. The first-order valence-electron chi connectivity index (χ1n) is 3.79. The molecular weight excluding hydrogens is 158 g/mol. The Labute approximate surface area is 70.3 Å². The maximum atomic E-state index is 11.1. The van der Waals surface area contributed by atoms with Gasteiger partial charge in [0.1, 0.15) is 6.04 Å². The zero-order valence-corrected chi connectivity index (χ0v) is 6.62. The van der Waals surface area contributed by atoms with E-state index >= 15 is 0 Å². The van der Waals surface area contributed by atoms with E-state index in [0.717, 1.165) is 0 Å². The van der Waals surface area contributed by atoms with Crippen LogP contribution in [0.25, 0.3) is 0 Å². The van der Waals surface area contributed by atoms with Crippen LogP contribution in [0.5, 0.6) is 0 Å². The molecule has 0 bridgehead atoms. The molecule has 0 aliphatic carbocycles. The van der Waals surface area contributed by atoms with Crippen LogP contribution in [0.3, 0.4) is 0 Å². The Kier molecular flexibility index (Phi) is 2.47. The summed E-state index contributed by atoms with van der Waals surface area (Å²) in [7, 11) is 0. The van der Waals surface area contributed by atoms with Crippen LogP contribution in [0.4, 0.5) is 0 Å². The molecule has 0 aromatic carbocycles. The van der Waals surface area contributed by atoms with Crippen LogP contribution < -0.4 is 5.32 Å². The highest BCUT2D eigenvalue weighted by Crippen LogP contribution is 2.19. The molecule has 2 atom stereocenters. The largest absolute Gasteiger partial charge is 0.480 e. The fourth-order valence-electron chi connectivity index (χ4n) is 1.31. The number of carboxylic acid groups (broad SMARTS) is 1. The number of hydrogen-bond acceptors (Lipinski definition) is 2. The number of allylic oxidation sites excluding steroid dienone is 1. The molecule has 2 N–H and O–H groups in total. The maximum Gasteiger partial charge on any atom is 0.326 e. The van der Waals surface area contributed by atoms with E-state index in [9.17, 15) is 9.59 Å². The molecule has 0 spiro atoms. The van der Waals surface area contributed by atoms with E-state index in [1.807, 2.05) is 0 Å². The molecule has 1 heterocycles. The van der Waals surface area contributed by atoms with Crippen molar-refractivity contribution in [2.45, 2.75) is 18.9 Å². The molecule has 66 valence electrons. The standard InChI is InChI=1S/C8H11NO3/c1-2-3-5-4-6(8(11)12)9-7(5)10/h2,5-6H,1,3-4H2,(H,9,10)(H,11,12)/t5-,6-/m0/s1. The molecule has 0 aromatic rings. The summed E-state index contributed by atoms with van der Waals surface area (Å²) in [5.41, 5.74) is 0. The average molecular weight is 169 g/mol. The van der Waals surface area contributed by atoms with E-state index in [1.165, 1.54) is 0 Å². The second-order valence-electron chi connectivity index (χ2n) is 2.86. The molecule has 1 aliphatic rings. The summed E-state index contributed by atoms with van der Waals surface area (Å²) in [5.74, 6) is -1.35. The van der Waals surface area contributed by atoms with Gasteiger partial charge in [-0.05, 0) is 12.8 Å². The molecule has 0 radical (unpaired) electrons. The number of amides is 1. The lowest BCUT2D eigenvalue weighted by Gasteiger charge is -2.00. The first-order chi connectivity index (χ1) is 5.65. The van der Waals surface area contributed by atoms with Crippen molar-refractivity contribution in [1.82, 2.24) is 5.32 Å². The Hall–Kier alpha value is -1.32. The third-order valence-electron chi connectivity index (χ3n) is 1.96. The van der Waals surface area contributed by atoms with E-state index in [2.05, 4.69) is 11.9 Å². The summed E-state index contributed by atoms with van der Waals surface area (Å²) in [6, 6.07) is -0.706. The van der Waals surface area contributed by atoms with Crippen LogP contribution in [0.15, 0.2) is 12.7 Å². The van der Waals surface area contributed by atoms with Gasteiger partial charge < -0.3 is 10.4 Å². The van der Waals surface area contributed by atoms with E-state index < -0.39 is 12.0 Å². The highest BCUT2D eigenvalue weighted by atomic mass is 16.4. The molecule has 1 aliphatic heterocycles. The minimum atomic E-state index is -0.963. The number of rotatable bonds is 3. The molecule has 0 saturated carbocycles. The van der Waals surface area contributed by atoms with Gasteiger partial charge >= 0.3 is 5.97 Å². The SMILES string of the molecule is C=CC[C@H]1C[C@@H](C(=O)O)NC1=O. The average Bonchev–Trinajstić information content (AvgIpc) is 2.34. The van der Waals surface area contributed by atoms with Crippen molar-refractivity contribution in [1.29, 1.82) is 0 Å². The minimum Gasteiger partial charge on any atom is -0.480 e. The molecular formula is C8H11NO3. The molecule has 0 unspecified atom stereocenters. The number of aliphatic carboxylic acids is 1. The Bertz CT molecular complexity index is 224. The summed E-state index contributed by atoms with van der Waals surface area (Å²) in [6.45, 7) is 3.50. The van der Waals surface area contributed by atoms with Crippen LogP contribution >= 0.6 is 0 Å². The first-order valence-corrected chi connectivity index (χ1v) is 3.79. The van der Waals surface area contributed by atoms with Gasteiger partial charge in [0.15, 0.2) is 0 Å². The maximum absolute atomic E-state index is 11.1. The molecule has 4 heteroatoms. The molecule has 0 aromatic heterocycles.